The number of pyridine rings is 1. The van der Waals surface area contributed by atoms with Crippen LogP contribution in [0.1, 0.15) is 38.1 Å². The Morgan fingerprint density at radius 2 is 2.26 bits per heavy atom. The predicted molar refractivity (Wildman–Crippen MR) is 77.2 cm³/mol. The molecule has 0 aliphatic carbocycles. The van der Waals surface area contributed by atoms with Gasteiger partial charge in [0, 0.05) is 17.9 Å². The van der Waals surface area contributed by atoms with Crippen LogP contribution in [-0.4, -0.2) is 25.8 Å². The van der Waals surface area contributed by atoms with Gasteiger partial charge in [0.15, 0.2) is 11.5 Å². The van der Waals surface area contributed by atoms with Crippen molar-refractivity contribution in [2.45, 2.75) is 32.2 Å². The van der Waals surface area contributed by atoms with Crippen molar-refractivity contribution in [2.24, 2.45) is 0 Å². The van der Waals surface area contributed by atoms with Crippen molar-refractivity contribution < 1.29 is 4.79 Å². The van der Waals surface area contributed by atoms with Crippen molar-refractivity contribution >= 4 is 27.5 Å². The topological polar surface area (TPSA) is 59.3 Å². The molecular weight excluding hydrogens is 308 g/mol. The molecule has 0 aromatic carbocycles. The molecule has 0 saturated heterocycles. The first-order chi connectivity index (χ1) is 9.22. The number of rotatable bonds is 6. The summed E-state index contributed by atoms with van der Waals surface area (Å²) in [5.41, 5.74) is 0.790. The van der Waals surface area contributed by atoms with Crippen LogP contribution in [0.15, 0.2) is 24.4 Å². The van der Waals surface area contributed by atoms with Crippen molar-refractivity contribution in [2.75, 3.05) is 5.33 Å². The maximum absolute atomic E-state index is 11.8. The van der Waals surface area contributed by atoms with Gasteiger partial charge in [-0.25, -0.2) is 0 Å². The van der Waals surface area contributed by atoms with Crippen LogP contribution in [-0.2, 0) is 4.79 Å². The molecule has 19 heavy (non-hydrogen) atoms. The summed E-state index contributed by atoms with van der Waals surface area (Å²) in [6.07, 6.45) is 4.35. The Bertz CT molecular complexity index is 554. The van der Waals surface area contributed by atoms with Crippen molar-refractivity contribution in [3.8, 4) is 0 Å². The van der Waals surface area contributed by atoms with E-state index in [-0.39, 0.29) is 11.9 Å². The standard InChI is InChI=1S/C13H17BrN4O/c1-10(15-12(19)7-2-4-8-14)13-17-16-11-6-3-5-9-18(11)13/h3,5-6,9-10H,2,4,7-8H2,1H3,(H,15,19). The highest BCUT2D eigenvalue weighted by atomic mass is 79.9. The largest absolute Gasteiger partial charge is 0.346 e. The van der Waals surface area contributed by atoms with E-state index in [1.165, 1.54) is 0 Å². The maximum atomic E-state index is 11.8. The number of amides is 1. The third-order valence-corrected chi connectivity index (χ3v) is 3.45. The van der Waals surface area contributed by atoms with E-state index in [1.54, 1.807) is 0 Å². The van der Waals surface area contributed by atoms with E-state index < -0.39 is 0 Å². The molecule has 5 nitrogen and oxygen atoms in total. The highest BCUT2D eigenvalue weighted by Crippen LogP contribution is 2.12. The molecule has 0 aliphatic heterocycles. The van der Waals surface area contributed by atoms with Crippen molar-refractivity contribution in [3.05, 3.63) is 30.2 Å². The van der Waals surface area contributed by atoms with Gasteiger partial charge in [0.1, 0.15) is 0 Å². The van der Waals surface area contributed by atoms with Crippen LogP contribution in [0.25, 0.3) is 5.65 Å². The lowest BCUT2D eigenvalue weighted by atomic mass is 10.2. The highest BCUT2D eigenvalue weighted by molar-refractivity contribution is 9.09. The first-order valence-electron chi connectivity index (χ1n) is 6.37. The number of hydrogen-bond donors (Lipinski definition) is 1. The maximum Gasteiger partial charge on any atom is 0.220 e. The molecule has 2 aromatic heterocycles. The van der Waals surface area contributed by atoms with Gasteiger partial charge in [-0.3, -0.25) is 9.20 Å². The van der Waals surface area contributed by atoms with Crippen molar-refractivity contribution in [1.29, 1.82) is 0 Å². The molecule has 2 rings (SSSR count). The third-order valence-electron chi connectivity index (χ3n) is 2.89. The summed E-state index contributed by atoms with van der Waals surface area (Å²) in [7, 11) is 0. The molecule has 0 saturated carbocycles. The summed E-state index contributed by atoms with van der Waals surface area (Å²) >= 11 is 3.36. The number of alkyl halides is 1. The molecule has 1 amide bonds. The Labute approximate surface area is 120 Å². The van der Waals surface area contributed by atoms with Crippen molar-refractivity contribution in [3.63, 3.8) is 0 Å². The van der Waals surface area contributed by atoms with Gasteiger partial charge >= 0.3 is 0 Å². The van der Waals surface area contributed by atoms with Crippen LogP contribution in [0, 0.1) is 0 Å². The second-order valence-corrected chi connectivity index (χ2v) is 5.22. The van der Waals surface area contributed by atoms with Crippen LogP contribution in [0.3, 0.4) is 0 Å². The Morgan fingerprint density at radius 3 is 3.05 bits per heavy atom. The second kappa shape index (κ2) is 6.65. The molecular formula is C13H17BrN4O. The van der Waals surface area contributed by atoms with Crippen LogP contribution < -0.4 is 5.32 Å². The van der Waals surface area contributed by atoms with Crippen LogP contribution in [0.5, 0.6) is 0 Å². The van der Waals surface area contributed by atoms with E-state index >= 15 is 0 Å². The summed E-state index contributed by atoms with van der Waals surface area (Å²) < 4.78 is 1.89. The molecule has 102 valence electrons. The van der Waals surface area contributed by atoms with Gasteiger partial charge in [-0.05, 0) is 31.9 Å². The summed E-state index contributed by atoms with van der Waals surface area (Å²) in [5.74, 6) is 0.811. The average molecular weight is 325 g/mol. The summed E-state index contributed by atoms with van der Waals surface area (Å²) in [5, 5.41) is 12.1. The number of hydrogen-bond acceptors (Lipinski definition) is 3. The minimum absolute atomic E-state index is 0.0566. The predicted octanol–water partition coefficient (Wildman–Crippen LogP) is 2.47. The lowest BCUT2D eigenvalue weighted by molar-refractivity contribution is -0.121. The van der Waals surface area contributed by atoms with Gasteiger partial charge in [-0.2, -0.15) is 0 Å². The van der Waals surface area contributed by atoms with Gasteiger partial charge in [-0.1, -0.05) is 22.0 Å². The zero-order valence-corrected chi connectivity index (χ0v) is 12.4. The van der Waals surface area contributed by atoms with Crippen LogP contribution in [0.2, 0.25) is 0 Å². The number of halogens is 1. The summed E-state index contributed by atoms with van der Waals surface area (Å²) in [6, 6.07) is 5.58. The average Bonchev–Trinajstić information content (AvgIpc) is 2.83. The quantitative estimate of drug-likeness (QED) is 0.656. The minimum atomic E-state index is -0.145. The van der Waals surface area contributed by atoms with Crippen LogP contribution >= 0.6 is 15.9 Å². The van der Waals surface area contributed by atoms with Crippen LogP contribution in [0.4, 0.5) is 0 Å². The van der Waals surface area contributed by atoms with E-state index in [1.807, 2.05) is 35.7 Å². The molecule has 2 heterocycles. The molecule has 2 aromatic rings. The van der Waals surface area contributed by atoms with E-state index in [9.17, 15) is 4.79 Å². The van der Waals surface area contributed by atoms with Gasteiger partial charge in [0.25, 0.3) is 0 Å². The normalized spacial score (nSPS) is 12.5. The number of aromatic nitrogens is 3. The SMILES string of the molecule is CC(NC(=O)CCCCBr)c1nnc2ccccn12. The smallest absolute Gasteiger partial charge is 0.220 e. The Morgan fingerprint density at radius 1 is 1.42 bits per heavy atom. The third kappa shape index (κ3) is 3.53. The van der Waals surface area contributed by atoms with Crippen molar-refractivity contribution in [1.82, 2.24) is 19.9 Å². The van der Waals surface area contributed by atoms with Gasteiger partial charge in [0.05, 0.1) is 6.04 Å². The number of fused-ring (bicyclic) bond motifs is 1. The lowest BCUT2D eigenvalue weighted by Gasteiger charge is -2.12. The molecule has 6 heteroatoms. The second-order valence-electron chi connectivity index (χ2n) is 4.42. The Hall–Kier alpha value is -1.43. The fraction of sp³-hybridized carbons (Fsp3) is 0.462. The molecule has 1 atom stereocenters. The zero-order valence-electron chi connectivity index (χ0n) is 10.8. The summed E-state index contributed by atoms with van der Waals surface area (Å²) in [4.78, 5) is 11.8. The van der Waals surface area contributed by atoms with Gasteiger partial charge < -0.3 is 5.32 Å². The van der Waals surface area contributed by atoms with E-state index in [0.717, 1.165) is 29.6 Å². The highest BCUT2D eigenvalue weighted by Gasteiger charge is 2.15. The molecule has 0 radical (unpaired) electrons. The lowest BCUT2D eigenvalue weighted by Crippen LogP contribution is -2.27. The van der Waals surface area contributed by atoms with E-state index in [0.29, 0.717) is 6.42 Å². The number of carbonyl (C=O) groups excluding carboxylic acids is 1. The fourth-order valence-corrected chi connectivity index (χ4v) is 2.31. The number of carbonyl (C=O) groups is 1. The molecule has 0 bridgehead atoms. The number of unbranched alkanes of at least 4 members (excludes halogenated alkanes) is 1. The molecule has 1 N–H and O–H groups in total. The molecule has 1 unspecified atom stereocenters. The minimum Gasteiger partial charge on any atom is -0.346 e. The number of nitrogens with one attached hydrogen (secondary N) is 1. The van der Waals surface area contributed by atoms with Gasteiger partial charge in [-0.15, -0.1) is 10.2 Å². The first-order valence-corrected chi connectivity index (χ1v) is 7.49. The summed E-state index contributed by atoms with van der Waals surface area (Å²) in [6.45, 7) is 1.92. The van der Waals surface area contributed by atoms with Gasteiger partial charge in [0.2, 0.25) is 5.91 Å². The molecule has 0 spiro atoms. The monoisotopic (exact) mass is 324 g/mol. The molecule has 0 aliphatic rings. The van der Waals surface area contributed by atoms with E-state index in [2.05, 4.69) is 31.4 Å². The fourth-order valence-electron chi connectivity index (χ4n) is 1.91. The Balaban J connectivity index is 1.99. The first kappa shape index (κ1) is 14.0. The Kier molecular flexibility index (Phi) is 4.90. The van der Waals surface area contributed by atoms with E-state index in [4.69, 9.17) is 0 Å². The number of nitrogens with zero attached hydrogens (tertiary/aromatic N) is 3. The molecule has 0 fully saturated rings. The zero-order chi connectivity index (χ0) is 13.7.